The highest BCUT2D eigenvalue weighted by Gasteiger charge is 2.18. The van der Waals surface area contributed by atoms with Crippen molar-refractivity contribution in [3.8, 4) is 11.4 Å². The smallest absolute Gasteiger partial charge is 0.207 e. The van der Waals surface area contributed by atoms with E-state index in [1.54, 1.807) is 36.2 Å². The predicted molar refractivity (Wildman–Crippen MR) is 76.0 cm³/mol. The molecule has 2 aromatic rings. The molecule has 0 radical (unpaired) electrons. The number of hydrogen-bond acceptors (Lipinski definition) is 3. The Hall–Kier alpha value is -2.04. The molecular formula is C15H18FN3O. The summed E-state index contributed by atoms with van der Waals surface area (Å²) in [6, 6.07) is 5.13. The summed E-state index contributed by atoms with van der Waals surface area (Å²) in [5, 5.41) is 3.40. The molecule has 1 N–H and O–H groups in total. The molecule has 0 saturated heterocycles. The van der Waals surface area contributed by atoms with Crippen LogP contribution in [0.25, 0.3) is 5.69 Å². The third-order valence-electron chi connectivity index (χ3n) is 3.74. The second-order valence-electron chi connectivity index (χ2n) is 5.06. The summed E-state index contributed by atoms with van der Waals surface area (Å²) < 4.78 is 20.9. The number of nitrogens with one attached hydrogen (secondary N) is 1. The number of anilines is 1. The first-order valence-electron chi connectivity index (χ1n) is 6.92. The third-order valence-corrected chi connectivity index (χ3v) is 3.74. The molecule has 0 spiro atoms. The van der Waals surface area contributed by atoms with Gasteiger partial charge in [0.25, 0.3) is 0 Å². The Balaban J connectivity index is 1.92. The van der Waals surface area contributed by atoms with Crippen molar-refractivity contribution in [2.45, 2.75) is 31.7 Å². The van der Waals surface area contributed by atoms with Gasteiger partial charge in [0.05, 0.1) is 12.8 Å². The van der Waals surface area contributed by atoms with E-state index in [0.717, 1.165) is 12.8 Å². The van der Waals surface area contributed by atoms with Crippen LogP contribution in [0.1, 0.15) is 25.7 Å². The Labute approximate surface area is 117 Å². The van der Waals surface area contributed by atoms with Crippen LogP contribution in [0.2, 0.25) is 0 Å². The molecule has 1 aromatic heterocycles. The van der Waals surface area contributed by atoms with Crippen molar-refractivity contribution in [1.29, 1.82) is 0 Å². The predicted octanol–water partition coefficient (Wildman–Crippen LogP) is 3.37. The van der Waals surface area contributed by atoms with Gasteiger partial charge < -0.3 is 10.1 Å². The number of benzene rings is 1. The zero-order chi connectivity index (χ0) is 13.9. The lowest BCUT2D eigenvalue weighted by Gasteiger charge is -2.15. The zero-order valence-corrected chi connectivity index (χ0v) is 11.5. The van der Waals surface area contributed by atoms with E-state index in [0.29, 0.717) is 23.4 Å². The summed E-state index contributed by atoms with van der Waals surface area (Å²) in [7, 11) is 1.57. The molecule has 1 aliphatic rings. The van der Waals surface area contributed by atoms with Gasteiger partial charge in [-0.3, -0.25) is 4.57 Å². The fourth-order valence-electron chi connectivity index (χ4n) is 2.66. The molecule has 106 valence electrons. The SMILES string of the molecule is COc1ccc(F)c(-n2ccnc2NC2CCCC2)c1. The van der Waals surface area contributed by atoms with Crippen molar-refractivity contribution >= 4 is 5.95 Å². The van der Waals surface area contributed by atoms with Gasteiger partial charge in [-0.15, -0.1) is 0 Å². The van der Waals surface area contributed by atoms with E-state index in [9.17, 15) is 4.39 Å². The molecule has 20 heavy (non-hydrogen) atoms. The van der Waals surface area contributed by atoms with Gasteiger partial charge in [-0.05, 0) is 25.0 Å². The van der Waals surface area contributed by atoms with Gasteiger partial charge in [0.1, 0.15) is 11.6 Å². The number of aromatic nitrogens is 2. The Morgan fingerprint density at radius 2 is 2.15 bits per heavy atom. The number of nitrogens with zero attached hydrogens (tertiary/aromatic N) is 2. The maximum Gasteiger partial charge on any atom is 0.207 e. The minimum absolute atomic E-state index is 0.293. The van der Waals surface area contributed by atoms with Crippen LogP contribution < -0.4 is 10.1 Å². The quantitative estimate of drug-likeness (QED) is 0.929. The van der Waals surface area contributed by atoms with Crippen LogP contribution in [0.15, 0.2) is 30.6 Å². The third kappa shape index (κ3) is 2.48. The van der Waals surface area contributed by atoms with Crippen molar-refractivity contribution in [3.05, 3.63) is 36.4 Å². The van der Waals surface area contributed by atoms with Crippen molar-refractivity contribution in [3.63, 3.8) is 0 Å². The first kappa shape index (κ1) is 13.0. The van der Waals surface area contributed by atoms with E-state index in [-0.39, 0.29) is 5.82 Å². The Bertz CT molecular complexity index is 591. The molecule has 4 nitrogen and oxygen atoms in total. The molecule has 1 heterocycles. The summed E-state index contributed by atoms with van der Waals surface area (Å²) in [5.41, 5.74) is 0.447. The van der Waals surface area contributed by atoms with Crippen LogP contribution in [0, 0.1) is 5.82 Å². The first-order valence-corrected chi connectivity index (χ1v) is 6.92. The van der Waals surface area contributed by atoms with Gasteiger partial charge in [-0.2, -0.15) is 0 Å². The van der Waals surface area contributed by atoms with Crippen LogP contribution in [0.3, 0.4) is 0 Å². The normalized spacial score (nSPS) is 15.5. The summed E-state index contributed by atoms with van der Waals surface area (Å²) in [6.07, 6.45) is 8.21. The highest BCUT2D eigenvalue weighted by atomic mass is 19.1. The van der Waals surface area contributed by atoms with Gasteiger partial charge in [0, 0.05) is 24.5 Å². The topological polar surface area (TPSA) is 39.1 Å². The largest absolute Gasteiger partial charge is 0.497 e. The molecule has 0 atom stereocenters. The molecule has 1 aliphatic carbocycles. The number of hydrogen-bond donors (Lipinski definition) is 1. The van der Waals surface area contributed by atoms with Gasteiger partial charge in [-0.1, -0.05) is 12.8 Å². The molecule has 1 saturated carbocycles. The standard InChI is InChI=1S/C15H18FN3O/c1-20-12-6-7-13(16)14(10-12)19-9-8-17-15(19)18-11-4-2-3-5-11/h6-11H,2-5H2,1H3,(H,17,18). The maximum absolute atomic E-state index is 14.0. The molecule has 1 fully saturated rings. The molecule has 1 aromatic carbocycles. The highest BCUT2D eigenvalue weighted by molar-refractivity contribution is 5.46. The van der Waals surface area contributed by atoms with E-state index in [1.807, 2.05) is 0 Å². The van der Waals surface area contributed by atoms with Crippen molar-refractivity contribution in [2.75, 3.05) is 12.4 Å². The Morgan fingerprint density at radius 3 is 2.90 bits per heavy atom. The maximum atomic E-state index is 14.0. The summed E-state index contributed by atoms with van der Waals surface area (Å²) in [6.45, 7) is 0. The monoisotopic (exact) mass is 275 g/mol. The Morgan fingerprint density at radius 1 is 1.35 bits per heavy atom. The van der Waals surface area contributed by atoms with E-state index in [1.165, 1.54) is 18.9 Å². The molecule has 0 amide bonds. The highest BCUT2D eigenvalue weighted by Crippen LogP contribution is 2.26. The average molecular weight is 275 g/mol. The minimum atomic E-state index is -0.293. The van der Waals surface area contributed by atoms with E-state index in [2.05, 4.69) is 10.3 Å². The van der Waals surface area contributed by atoms with Crippen LogP contribution in [-0.4, -0.2) is 22.7 Å². The fraction of sp³-hybridized carbons (Fsp3) is 0.400. The van der Waals surface area contributed by atoms with Crippen LogP contribution in [0.5, 0.6) is 5.75 Å². The molecule has 3 rings (SSSR count). The molecule has 5 heteroatoms. The number of halogens is 1. The molecule has 0 aliphatic heterocycles. The van der Waals surface area contributed by atoms with E-state index in [4.69, 9.17) is 4.74 Å². The van der Waals surface area contributed by atoms with Crippen LogP contribution in [0.4, 0.5) is 10.3 Å². The van der Waals surface area contributed by atoms with E-state index < -0.39 is 0 Å². The second-order valence-corrected chi connectivity index (χ2v) is 5.06. The van der Waals surface area contributed by atoms with Crippen molar-refractivity contribution in [1.82, 2.24) is 9.55 Å². The van der Waals surface area contributed by atoms with Gasteiger partial charge in [0.15, 0.2) is 0 Å². The summed E-state index contributed by atoms with van der Waals surface area (Å²) in [4.78, 5) is 4.30. The number of ether oxygens (including phenoxy) is 1. The lowest BCUT2D eigenvalue weighted by molar-refractivity contribution is 0.413. The number of rotatable bonds is 4. The lowest BCUT2D eigenvalue weighted by atomic mass is 10.2. The molecular weight excluding hydrogens is 257 g/mol. The zero-order valence-electron chi connectivity index (χ0n) is 11.5. The second kappa shape index (κ2) is 5.53. The van der Waals surface area contributed by atoms with Crippen LogP contribution in [-0.2, 0) is 0 Å². The van der Waals surface area contributed by atoms with Crippen molar-refractivity contribution in [2.24, 2.45) is 0 Å². The fourth-order valence-corrected chi connectivity index (χ4v) is 2.66. The molecule has 0 unspecified atom stereocenters. The van der Waals surface area contributed by atoms with E-state index >= 15 is 0 Å². The molecule has 0 bridgehead atoms. The Kier molecular flexibility index (Phi) is 3.58. The number of methoxy groups -OCH3 is 1. The minimum Gasteiger partial charge on any atom is -0.497 e. The first-order chi connectivity index (χ1) is 9.78. The summed E-state index contributed by atoms with van der Waals surface area (Å²) in [5.74, 6) is 1.02. The van der Waals surface area contributed by atoms with Crippen molar-refractivity contribution < 1.29 is 9.13 Å². The van der Waals surface area contributed by atoms with Gasteiger partial charge in [0.2, 0.25) is 5.95 Å². The number of imidazole rings is 1. The lowest BCUT2D eigenvalue weighted by Crippen LogP contribution is -2.18. The van der Waals surface area contributed by atoms with Gasteiger partial charge in [-0.25, -0.2) is 9.37 Å². The summed E-state index contributed by atoms with van der Waals surface area (Å²) >= 11 is 0. The van der Waals surface area contributed by atoms with Crippen LogP contribution >= 0.6 is 0 Å². The average Bonchev–Trinajstić information content (AvgIpc) is 3.12. The van der Waals surface area contributed by atoms with Gasteiger partial charge >= 0.3 is 0 Å².